The third-order valence-electron chi connectivity index (χ3n) is 1.98. The third-order valence-corrected chi connectivity index (χ3v) is 1.98. The van der Waals surface area contributed by atoms with Gasteiger partial charge < -0.3 is 9.84 Å². The van der Waals surface area contributed by atoms with E-state index in [-0.39, 0.29) is 0 Å². The van der Waals surface area contributed by atoms with Gasteiger partial charge in [-0.05, 0) is 0 Å². The van der Waals surface area contributed by atoms with Gasteiger partial charge in [0.15, 0.2) is 18.2 Å². The van der Waals surface area contributed by atoms with E-state index in [2.05, 4.69) is 0 Å². The molecule has 0 saturated heterocycles. The summed E-state index contributed by atoms with van der Waals surface area (Å²) in [7, 11) is 1.62. The Balaban J connectivity index is 3.01. The predicted molar refractivity (Wildman–Crippen MR) is 54.6 cm³/mol. The van der Waals surface area contributed by atoms with E-state index in [1.165, 1.54) is 0 Å². The van der Waals surface area contributed by atoms with E-state index >= 15 is 0 Å². The monoisotopic (exact) mass is 194 g/mol. The van der Waals surface area contributed by atoms with E-state index in [1.807, 2.05) is 42.1 Å². The van der Waals surface area contributed by atoms with Crippen LogP contribution in [0.25, 0.3) is 5.70 Å². The number of pyridine rings is 1. The summed E-state index contributed by atoms with van der Waals surface area (Å²) in [5, 5.41) is 9.68. The molecule has 0 fully saturated rings. The van der Waals surface area contributed by atoms with Crippen molar-refractivity contribution < 1.29 is 14.4 Å². The number of hydrogen-bond donors (Lipinski definition) is 1. The van der Waals surface area contributed by atoms with Gasteiger partial charge in [-0.2, -0.15) is 4.57 Å². The summed E-state index contributed by atoms with van der Waals surface area (Å²) in [5.41, 5.74) is 0.788. The smallest absolute Gasteiger partial charge is 0.250 e. The van der Waals surface area contributed by atoms with Crippen molar-refractivity contribution in [3.05, 3.63) is 36.4 Å². The topological polar surface area (TPSA) is 33.3 Å². The van der Waals surface area contributed by atoms with Gasteiger partial charge in [-0.25, -0.2) is 0 Å². The lowest BCUT2D eigenvalue weighted by Gasteiger charge is -2.02. The van der Waals surface area contributed by atoms with E-state index in [0.717, 1.165) is 5.70 Å². The summed E-state index contributed by atoms with van der Waals surface area (Å²) in [6.07, 6.45) is 4.39. The van der Waals surface area contributed by atoms with Gasteiger partial charge in [-0.15, -0.1) is 0 Å². The minimum Gasteiger partial charge on any atom is -0.506 e. The van der Waals surface area contributed by atoms with Crippen molar-refractivity contribution in [3.63, 3.8) is 0 Å². The molecule has 0 unspecified atom stereocenters. The van der Waals surface area contributed by atoms with Gasteiger partial charge in [0, 0.05) is 25.7 Å². The van der Waals surface area contributed by atoms with Crippen LogP contribution < -0.4 is 4.57 Å². The van der Waals surface area contributed by atoms with E-state index in [4.69, 9.17) is 4.74 Å². The van der Waals surface area contributed by atoms with Crippen LogP contribution >= 0.6 is 0 Å². The normalized spacial score (nSPS) is 12.4. The second-order valence-corrected chi connectivity index (χ2v) is 2.96. The molecule has 3 heteroatoms. The summed E-state index contributed by atoms with van der Waals surface area (Å²) in [5.74, 6) is 0.364. The highest BCUT2D eigenvalue weighted by atomic mass is 16.5. The Morgan fingerprint density at radius 3 is 2.43 bits per heavy atom. The highest BCUT2D eigenvalue weighted by Gasteiger charge is 2.14. The van der Waals surface area contributed by atoms with Crippen molar-refractivity contribution in [1.82, 2.24) is 0 Å². The molecule has 76 valence electrons. The van der Waals surface area contributed by atoms with Crippen LogP contribution in [-0.4, -0.2) is 18.8 Å². The summed E-state index contributed by atoms with van der Waals surface area (Å²) in [6, 6.07) is 5.76. The minimum atomic E-state index is 0.364. The lowest BCUT2D eigenvalue weighted by molar-refractivity contribution is -0.585. The van der Waals surface area contributed by atoms with Crippen molar-refractivity contribution in [2.75, 3.05) is 13.7 Å². The molecule has 0 radical (unpaired) electrons. The number of rotatable bonds is 4. The molecule has 0 aliphatic rings. The molecule has 1 heterocycles. The van der Waals surface area contributed by atoms with Crippen LogP contribution in [0.15, 0.2) is 36.4 Å². The SMILES string of the molecule is CC/C(O)=C(/COC)[n+]1ccccc1. The largest absolute Gasteiger partial charge is 0.506 e. The molecule has 0 atom stereocenters. The molecule has 1 aromatic rings. The van der Waals surface area contributed by atoms with Gasteiger partial charge in [0.05, 0.1) is 0 Å². The molecular formula is C11H16NO2+. The summed E-state index contributed by atoms with van der Waals surface area (Å²) >= 11 is 0. The number of methoxy groups -OCH3 is 1. The maximum atomic E-state index is 9.68. The van der Waals surface area contributed by atoms with Crippen LogP contribution in [0.1, 0.15) is 13.3 Å². The first-order valence-electron chi connectivity index (χ1n) is 4.66. The second kappa shape index (κ2) is 5.40. The lowest BCUT2D eigenvalue weighted by atomic mass is 10.3. The van der Waals surface area contributed by atoms with Crippen molar-refractivity contribution in [2.24, 2.45) is 0 Å². The van der Waals surface area contributed by atoms with Crippen molar-refractivity contribution >= 4 is 5.70 Å². The fourth-order valence-corrected chi connectivity index (χ4v) is 1.23. The Labute approximate surface area is 84.3 Å². The Bertz CT molecular complexity index is 306. The Hall–Kier alpha value is -1.35. The zero-order valence-electron chi connectivity index (χ0n) is 8.60. The highest BCUT2D eigenvalue weighted by molar-refractivity contribution is 5.36. The lowest BCUT2D eigenvalue weighted by Crippen LogP contribution is -2.34. The standard InChI is InChI=1S/C11H15NO2/c1-3-11(13)10(9-14-2)12-7-5-4-6-8-12/h4-8H,3,9H2,1-2H3/p+1/b11-10+. The molecule has 1 aromatic heterocycles. The molecule has 0 spiro atoms. The van der Waals surface area contributed by atoms with Gasteiger partial charge in [0.2, 0.25) is 5.70 Å². The van der Waals surface area contributed by atoms with E-state index in [9.17, 15) is 5.11 Å². The highest BCUT2D eigenvalue weighted by Crippen LogP contribution is 2.04. The Kier molecular flexibility index (Phi) is 4.13. The number of aliphatic hydroxyl groups is 1. The maximum absolute atomic E-state index is 9.68. The molecule has 1 rings (SSSR count). The van der Waals surface area contributed by atoms with E-state index < -0.39 is 0 Å². The summed E-state index contributed by atoms with van der Waals surface area (Å²) < 4.78 is 6.91. The first kappa shape index (κ1) is 10.7. The first-order chi connectivity index (χ1) is 6.79. The third kappa shape index (κ3) is 2.57. The minimum absolute atomic E-state index is 0.364. The first-order valence-corrected chi connectivity index (χ1v) is 4.66. The summed E-state index contributed by atoms with van der Waals surface area (Å²) in [6.45, 7) is 2.32. The Morgan fingerprint density at radius 2 is 1.93 bits per heavy atom. The molecule has 0 aliphatic carbocycles. The average molecular weight is 194 g/mol. The van der Waals surface area contributed by atoms with Crippen LogP contribution in [0.5, 0.6) is 0 Å². The number of allylic oxidation sites excluding steroid dienone is 1. The van der Waals surface area contributed by atoms with Crippen molar-refractivity contribution in [1.29, 1.82) is 0 Å². The quantitative estimate of drug-likeness (QED) is 0.585. The molecule has 14 heavy (non-hydrogen) atoms. The van der Waals surface area contributed by atoms with Gasteiger partial charge in [0.1, 0.15) is 6.61 Å². The molecule has 3 nitrogen and oxygen atoms in total. The maximum Gasteiger partial charge on any atom is 0.250 e. The molecule has 1 N–H and O–H groups in total. The van der Waals surface area contributed by atoms with Crippen LogP contribution in [0.2, 0.25) is 0 Å². The fraction of sp³-hybridized carbons (Fsp3) is 0.364. The number of hydrogen-bond acceptors (Lipinski definition) is 2. The van der Waals surface area contributed by atoms with E-state index in [1.54, 1.807) is 7.11 Å². The molecular weight excluding hydrogens is 178 g/mol. The summed E-state index contributed by atoms with van der Waals surface area (Å²) in [4.78, 5) is 0. The molecule has 0 saturated carbocycles. The second-order valence-electron chi connectivity index (χ2n) is 2.96. The van der Waals surface area contributed by atoms with Crippen LogP contribution in [0.3, 0.4) is 0 Å². The molecule has 0 aliphatic heterocycles. The van der Waals surface area contributed by atoms with E-state index in [0.29, 0.717) is 18.8 Å². The molecule has 0 aromatic carbocycles. The Morgan fingerprint density at radius 1 is 1.29 bits per heavy atom. The van der Waals surface area contributed by atoms with Gasteiger partial charge in [-0.1, -0.05) is 13.0 Å². The predicted octanol–water partition coefficient (Wildman–Crippen LogP) is 1.76. The number of aromatic nitrogens is 1. The number of ether oxygens (including phenoxy) is 1. The number of nitrogens with zero attached hydrogens (tertiary/aromatic N) is 1. The zero-order chi connectivity index (χ0) is 10.4. The molecule has 0 bridgehead atoms. The van der Waals surface area contributed by atoms with Crippen LogP contribution in [0.4, 0.5) is 0 Å². The van der Waals surface area contributed by atoms with Crippen molar-refractivity contribution in [3.8, 4) is 0 Å². The fourth-order valence-electron chi connectivity index (χ4n) is 1.23. The zero-order valence-corrected chi connectivity index (χ0v) is 8.60. The van der Waals surface area contributed by atoms with Crippen LogP contribution in [-0.2, 0) is 4.74 Å². The molecule has 0 amide bonds. The van der Waals surface area contributed by atoms with Gasteiger partial charge in [0.25, 0.3) is 0 Å². The van der Waals surface area contributed by atoms with Gasteiger partial charge in [-0.3, -0.25) is 0 Å². The average Bonchev–Trinajstić information content (AvgIpc) is 2.26. The van der Waals surface area contributed by atoms with Gasteiger partial charge >= 0.3 is 0 Å². The number of aliphatic hydroxyl groups excluding tert-OH is 1. The van der Waals surface area contributed by atoms with Crippen LogP contribution in [0, 0.1) is 0 Å². The van der Waals surface area contributed by atoms with Crippen molar-refractivity contribution in [2.45, 2.75) is 13.3 Å².